The van der Waals surface area contributed by atoms with E-state index in [0.29, 0.717) is 57.7 Å². The quantitative estimate of drug-likeness (QED) is 0.0492. The first-order chi connectivity index (χ1) is 29.6. The Morgan fingerprint density at radius 1 is 0.672 bits per heavy atom. The van der Waals surface area contributed by atoms with Crippen molar-refractivity contribution in [1.82, 2.24) is 29.7 Å². The van der Waals surface area contributed by atoms with Crippen molar-refractivity contribution in [2.75, 3.05) is 62.1 Å². The Labute approximate surface area is 359 Å². The number of benzene rings is 4. The molecule has 1 aliphatic rings. The lowest BCUT2D eigenvalue weighted by Gasteiger charge is -2.39. The third-order valence-electron chi connectivity index (χ3n) is 11.1. The standard InChI is InChI=1S/C48H59N11O2/c1-33-13-17-37(18-14-33)52-45-26-39(54-47(50)56-45)30-58(3)41-25-36-11-7-8-12-42(36)43(28-41)44(49)32-61-24-23-60-22-21-59(29-35-9-5-4-6-10-35)31-40-27-46(57-48(51)55-40)53-38-19-15-34(2)16-20-38/h4-20,26-27,41,43-44H,21-25,28-32,49H2,1-3H3,(H3,50,52,54,56)(H3,51,53,55,57). The van der Waals surface area contributed by atoms with Gasteiger partial charge in [0.25, 0.3) is 0 Å². The van der Waals surface area contributed by atoms with E-state index in [4.69, 9.17) is 26.7 Å². The smallest absolute Gasteiger partial charge is 0.222 e. The number of fused-ring (bicyclic) bond motifs is 1. The SMILES string of the molecule is Cc1ccc(Nc2cc(CN(CCOCCOCC(N)C3CC(N(C)Cc4cc(Nc5ccc(C)cc5)nc(N)n4)Cc4ccccc43)Cc3ccccc3)nc(N)n2)cc1. The van der Waals surface area contributed by atoms with Gasteiger partial charge in [0, 0.05) is 67.7 Å². The molecule has 13 heteroatoms. The van der Waals surface area contributed by atoms with Crippen LogP contribution in [0.3, 0.4) is 0 Å². The molecular weight excluding hydrogens is 763 g/mol. The summed E-state index contributed by atoms with van der Waals surface area (Å²) < 4.78 is 12.3. The van der Waals surface area contributed by atoms with Crippen molar-refractivity contribution in [3.8, 4) is 0 Å². The number of aromatic nitrogens is 4. The Balaban J connectivity index is 0.896. The van der Waals surface area contributed by atoms with E-state index in [0.717, 1.165) is 42.1 Å². The van der Waals surface area contributed by atoms with E-state index in [2.05, 4.69) is 134 Å². The molecule has 4 aromatic carbocycles. The molecule has 13 nitrogen and oxygen atoms in total. The van der Waals surface area contributed by atoms with E-state index in [1.54, 1.807) is 0 Å². The van der Waals surface area contributed by atoms with Gasteiger partial charge in [0.2, 0.25) is 11.9 Å². The molecule has 0 amide bonds. The van der Waals surface area contributed by atoms with Crippen LogP contribution >= 0.6 is 0 Å². The maximum Gasteiger partial charge on any atom is 0.222 e. The van der Waals surface area contributed by atoms with E-state index in [1.165, 1.54) is 27.8 Å². The molecule has 0 saturated heterocycles. The predicted octanol–water partition coefficient (Wildman–Crippen LogP) is 7.13. The molecule has 0 spiro atoms. The number of hydrogen-bond acceptors (Lipinski definition) is 13. The van der Waals surface area contributed by atoms with Gasteiger partial charge in [-0.1, -0.05) is 90.0 Å². The highest BCUT2D eigenvalue weighted by Gasteiger charge is 2.33. The van der Waals surface area contributed by atoms with Crippen molar-refractivity contribution in [3.63, 3.8) is 0 Å². The number of nitrogens with one attached hydrogen (secondary N) is 2. The van der Waals surface area contributed by atoms with Gasteiger partial charge in [-0.05, 0) is 74.7 Å². The van der Waals surface area contributed by atoms with Crippen molar-refractivity contribution in [1.29, 1.82) is 0 Å². The van der Waals surface area contributed by atoms with Gasteiger partial charge in [0.1, 0.15) is 11.6 Å². The third kappa shape index (κ3) is 12.8. The van der Waals surface area contributed by atoms with Gasteiger partial charge in [-0.2, -0.15) is 9.97 Å². The molecule has 8 N–H and O–H groups in total. The van der Waals surface area contributed by atoms with Gasteiger partial charge >= 0.3 is 0 Å². The number of nitrogen functional groups attached to an aromatic ring is 2. The maximum atomic E-state index is 6.94. The van der Waals surface area contributed by atoms with Crippen LogP contribution in [0.5, 0.6) is 0 Å². The number of likely N-dealkylation sites (N-methyl/N-ethyl adjacent to an activating group) is 1. The first-order valence-corrected chi connectivity index (χ1v) is 21.0. The number of anilines is 6. The van der Waals surface area contributed by atoms with E-state index in [1.807, 2.05) is 42.5 Å². The van der Waals surface area contributed by atoms with Crippen LogP contribution in [-0.2, 0) is 35.5 Å². The molecule has 3 atom stereocenters. The second-order valence-corrected chi connectivity index (χ2v) is 16.0. The van der Waals surface area contributed by atoms with Gasteiger partial charge in [-0.15, -0.1) is 0 Å². The number of hydrogen-bond donors (Lipinski definition) is 5. The van der Waals surface area contributed by atoms with Crippen molar-refractivity contribution in [3.05, 3.63) is 154 Å². The zero-order valence-corrected chi connectivity index (χ0v) is 35.5. The lowest BCUT2D eigenvalue weighted by atomic mass is 9.76. The topological polar surface area (TPSA) is 179 Å². The molecular formula is C48H59N11O2. The molecule has 3 unspecified atom stereocenters. The molecule has 2 aromatic heterocycles. The summed E-state index contributed by atoms with van der Waals surface area (Å²) in [6, 6.07) is 39.4. The molecule has 0 radical (unpaired) electrons. The largest absolute Gasteiger partial charge is 0.378 e. The number of rotatable bonds is 20. The first-order valence-electron chi connectivity index (χ1n) is 21.0. The molecule has 2 heterocycles. The Hall–Kier alpha value is -5.96. The number of aryl methyl sites for hydroxylation is 2. The van der Waals surface area contributed by atoms with Crippen molar-refractivity contribution >= 4 is 34.9 Å². The van der Waals surface area contributed by atoms with Gasteiger partial charge in [-0.25, -0.2) is 9.97 Å². The van der Waals surface area contributed by atoms with E-state index >= 15 is 0 Å². The van der Waals surface area contributed by atoms with Crippen LogP contribution in [0.1, 0.15) is 51.5 Å². The van der Waals surface area contributed by atoms with Gasteiger partial charge in [-0.3, -0.25) is 9.80 Å². The Bertz CT molecular complexity index is 2290. The summed E-state index contributed by atoms with van der Waals surface area (Å²) in [5.74, 6) is 1.95. The summed E-state index contributed by atoms with van der Waals surface area (Å²) in [6.07, 6.45) is 1.83. The fourth-order valence-corrected chi connectivity index (χ4v) is 7.89. The van der Waals surface area contributed by atoms with Crippen LogP contribution < -0.4 is 27.8 Å². The first kappa shape index (κ1) is 43.1. The van der Waals surface area contributed by atoms with Crippen molar-refractivity contribution in [2.24, 2.45) is 5.73 Å². The van der Waals surface area contributed by atoms with Crippen molar-refractivity contribution in [2.45, 2.75) is 64.3 Å². The normalized spacial score (nSPS) is 15.4. The second kappa shape index (κ2) is 21.0. The fourth-order valence-electron chi connectivity index (χ4n) is 7.89. The highest BCUT2D eigenvalue weighted by Crippen LogP contribution is 2.36. The zero-order valence-electron chi connectivity index (χ0n) is 35.5. The molecule has 6 aromatic rings. The van der Waals surface area contributed by atoms with Crippen LogP contribution in [0.2, 0.25) is 0 Å². The molecule has 0 saturated carbocycles. The second-order valence-electron chi connectivity index (χ2n) is 16.0. The van der Waals surface area contributed by atoms with Crippen molar-refractivity contribution < 1.29 is 9.47 Å². The Morgan fingerprint density at radius 2 is 1.25 bits per heavy atom. The molecule has 0 bridgehead atoms. The van der Waals surface area contributed by atoms with Gasteiger partial charge < -0.3 is 37.3 Å². The number of nitrogens with two attached hydrogens (primary N) is 3. The minimum atomic E-state index is -0.176. The van der Waals surface area contributed by atoms with Crippen LogP contribution in [0.15, 0.2) is 115 Å². The maximum absolute atomic E-state index is 6.94. The van der Waals surface area contributed by atoms with Gasteiger partial charge in [0.15, 0.2) is 0 Å². The minimum Gasteiger partial charge on any atom is -0.378 e. The summed E-state index contributed by atoms with van der Waals surface area (Å²) in [6.45, 7) is 8.64. The average Bonchev–Trinajstić information content (AvgIpc) is 3.24. The molecule has 61 heavy (non-hydrogen) atoms. The lowest BCUT2D eigenvalue weighted by Crippen LogP contribution is -2.43. The third-order valence-corrected chi connectivity index (χ3v) is 11.1. The zero-order chi connectivity index (χ0) is 42.6. The van der Waals surface area contributed by atoms with E-state index in [-0.39, 0.29) is 29.9 Å². The van der Waals surface area contributed by atoms with Crippen LogP contribution in [0.4, 0.5) is 34.9 Å². The summed E-state index contributed by atoms with van der Waals surface area (Å²) >= 11 is 0. The molecule has 318 valence electrons. The summed E-state index contributed by atoms with van der Waals surface area (Å²) in [4.78, 5) is 22.6. The van der Waals surface area contributed by atoms with E-state index in [9.17, 15) is 0 Å². The summed E-state index contributed by atoms with van der Waals surface area (Å²) in [7, 11) is 2.14. The number of ether oxygens (including phenoxy) is 2. The highest BCUT2D eigenvalue weighted by atomic mass is 16.5. The monoisotopic (exact) mass is 821 g/mol. The van der Waals surface area contributed by atoms with Crippen LogP contribution in [-0.4, -0.2) is 81.8 Å². The molecule has 7 rings (SSSR count). The summed E-state index contributed by atoms with van der Waals surface area (Å²) in [5, 5.41) is 6.73. The van der Waals surface area contributed by atoms with Crippen LogP contribution in [0.25, 0.3) is 0 Å². The molecule has 0 aliphatic heterocycles. The Morgan fingerprint density at radius 3 is 1.89 bits per heavy atom. The Kier molecular flexibility index (Phi) is 14.9. The highest BCUT2D eigenvalue weighted by molar-refractivity contribution is 5.58. The molecule has 0 fully saturated rings. The predicted molar refractivity (Wildman–Crippen MR) is 245 cm³/mol. The number of nitrogens with zero attached hydrogens (tertiary/aromatic N) is 6. The molecule has 1 aliphatic carbocycles. The fraction of sp³-hybridized carbons (Fsp3) is 0.333. The van der Waals surface area contributed by atoms with E-state index < -0.39 is 0 Å². The van der Waals surface area contributed by atoms with Gasteiger partial charge in [0.05, 0.1) is 37.8 Å². The van der Waals surface area contributed by atoms with Crippen LogP contribution in [0, 0.1) is 13.8 Å². The summed E-state index contributed by atoms with van der Waals surface area (Å²) in [5.41, 5.74) is 29.1. The lowest BCUT2D eigenvalue weighted by molar-refractivity contribution is 0.0292. The minimum absolute atomic E-state index is 0.141. The average molecular weight is 822 g/mol.